The first-order valence-corrected chi connectivity index (χ1v) is 7.60. The van der Waals surface area contributed by atoms with Crippen LogP contribution in [0.25, 0.3) is 0 Å². The van der Waals surface area contributed by atoms with Crippen molar-refractivity contribution in [1.82, 2.24) is 15.1 Å². The number of hydrogen-bond acceptors (Lipinski definition) is 3. The van der Waals surface area contributed by atoms with Gasteiger partial charge in [-0.3, -0.25) is 4.68 Å². The zero-order valence-electron chi connectivity index (χ0n) is 12.0. The molecular weight excluding hydrogens is 238 g/mol. The second-order valence-electron chi connectivity index (χ2n) is 6.00. The first kappa shape index (κ1) is 14.5. The summed E-state index contributed by atoms with van der Waals surface area (Å²) in [6, 6.07) is 1.88. The minimum absolute atomic E-state index is 0.355. The van der Waals surface area contributed by atoms with Crippen molar-refractivity contribution in [1.29, 1.82) is 0 Å². The molecule has 2 rings (SSSR count). The topological polar surface area (TPSA) is 50.1 Å². The molecule has 4 heteroatoms. The van der Waals surface area contributed by atoms with Crippen LogP contribution in [0.5, 0.6) is 0 Å². The Morgan fingerprint density at radius 3 is 2.84 bits per heavy atom. The predicted octanol–water partition coefficient (Wildman–Crippen LogP) is 2.05. The van der Waals surface area contributed by atoms with Crippen LogP contribution >= 0.6 is 0 Å². The van der Waals surface area contributed by atoms with Crippen LogP contribution < -0.4 is 5.32 Å². The highest BCUT2D eigenvalue weighted by molar-refractivity contribution is 4.79. The van der Waals surface area contributed by atoms with E-state index in [0.29, 0.717) is 13.1 Å². The summed E-state index contributed by atoms with van der Waals surface area (Å²) in [7, 11) is 0. The Morgan fingerprint density at radius 2 is 2.16 bits per heavy atom. The van der Waals surface area contributed by atoms with Gasteiger partial charge in [0.15, 0.2) is 0 Å². The maximum Gasteiger partial charge on any atom is 0.0860 e. The van der Waals surface area contributed by atoms with Crippen LogP contribution in [0, 0.1) is 11.8 Å². The maximum atomic E-state index is 9.87. The van der Waals surface area contributed by atoms with Gasteiger partial charge in [-0.2, -0.15) is 5.10 Å². The Morgan fingerprint density at radius 1 is 1.37 bits per heavy atom. The minimum Gasteiger partial charge on any atom is -0.390 e. The monoisotopic (exact) mass is 265 g/mol. The van der Waals surface area contributed by atoms with Gasteiger partial charge in [0.1, 0.15) is 0 Å². The summed E-state index contributed by atoms with van der Waals surface area (Å²) < 4.78 is 1.77. The molecule has 0 saturated heterocycles. The fourth-order valence-corrected chi connectivity index (χ4v) is 2.88. The Hall–Kier alpha value is -0.870. The van der Waals surface area contributed by atoms with Crippen LogP contribution in [-0.4, -0.2) is 34.1 Å². The average molecular weight is 265 g/mol. The van der Waals surface area contributed by atoms with E-state index in [-0.39, 0.29) is 6.10 Å². The molecule has 1 saturated carbocycles. The van der Waals surface area contributed by atoms with Crippen molar-refractivity contribution in [2.45, 2.75) is 51.7 Å². The normalized spacial score (nSPS) is 25.4. The maximum absolute atomic E-state index is 9.87. The van der Waals surface area contributed by atoms with Gasteiger partial charge in [-0.1, -0.05) is 32.6 Å². The third-order valence-electron chi connectivity index (χ3n) is 4.20. The van der Waals surface area contributed by atoms with Crippen LogP contribution in [0.2, 0.25) is 0 Å². The average Bonchev–Trinajstić information content (AvgIpc) is 2.89. The molecule has 1 heterocycles. The van der Waals surface area contributed by atoms with Gasteiger partial charge in [-0.25, -0.2) is 0 Å². The highest BCUT2D eigenvalue weighted by Crippen LogP contribution is 2.29. The molecular formula is C15H27N3O. The van der Waals surface area contributed by atoms with E-state index < -0.39 is 0 Å². The van der Waals surface area contributed by atoms with Crippen molar-refractivity contribution in [2.24, 2.45) is 11.8 Å². The molecule has 19 heavy (non-hydrogen) atoms. The van der Waals surface area contributed by atoms with E-state index in [1.165, 1.54) is 32.1 Å². The smallest absolute Gasteiger partial charge is 0.0860 e. The molecule has 1 aromatic heterocycles. The van der Waals surface area contributed by atoms with Gasteiger partial charge in [0.25, 0.3) is 0 Å². The van der Waals surface area contributed by atoms with Gasteiger partial charge in [-0.15, -0.1) is 0 Å². The molecule has 108 valence electrons. The molecule has 0 spiro atoms. The second-order valence-corrected chi connectivity index (χ2v) is 6.00. The van der Waals surface area contributed by atoms with E-state index >= 15 is 0 Å². The fourth-order valence-electron chi connectivity index (χ4n) is 2.88. The molecule has 1 aliphatic rings. The van der Waals surface area contributed by atoms with Gasteiger partial charge >= 0.3 is 0 Å². The molecule has 0 bridgehead atoms. The third kappa shape index (κ3) is 5.33. The quantitative estimate of drug-likeness (QED) is 0.742. The molecule has 0 aliphatic heterocycles. The Bertz CT molecular complexity index is 331. The number of rotatable bonds is 7. The predicted molar refractivity (Wildman–Crippen MR) is 76.8 cm³/mol. The Kier molecular flexibility index (Phi) is 5.86. The van der Waals surface area contributed by atoms with Crippen molar-refractivity contribution < 1.29 is 5.11 Å². The highest BCUT2D eigenvalue weighted by atomic mass is 16.3. The van der Waals surface area contributed by atoms with Gasteiger partial charge < -0.3 is 10.4 Å². The van der Waals surface area contributed by atoms with Crippen LogP contribution in [0.4, 0.5) is 0 Å². The number of aromatic nitrogens is 2. The lowest BCUT2D eigenvalue weighted by atomic mass is 9.81. The Balaban J connectivity index is 1.52. The molecule has 1 unspecified atom stereocenters. The van der Waals surface area contributed by atoms with Gasteiger partial charge in [0.05, 0.1) is 12.6 Å². The number of aliphatic hydroxyl groups excluding tert-OH is 1. The zero-order chi connectivity index (χ0) is 13.5. The summed E-state index contributed by atoms with van der Waals surface area (Å²) in [6.45, 7) is 4.61. The van der Waals surface area contributed by atoms with E-state index in [1.54, 1.807) is 10.9 Å². The van der Waals surface area contributed by atoms with Crippen molar-refractivity contribution >= 4 is 0 Å². The number of hydrogen-bond donors (Lipinski definition) is 2. The summed E-state index contributed by atoms with van der Waals surface area (Å²) >= 11 is 0. The van der Waals surface area contributed by atoms with Gasteiger partial charge in [0.2, 0.25) is 0 Å². The molecule has 0 amide bonds. The lowest BCUT2D eigenvalue weighted by Gasteiger charge is -2.26. The van der Waals surface area contributed by atoms with Crippen molar-refractivity contribution in [3.8, 4) is 0 Å². The molecule has 2 N–H and O–H groups in total. The van der Waals surface area contributed by atoms with E-state index in [2.05, 4.69) is 17.3 Å². The standard InChI is InChI=1S/C15H27N3O/c1-13-3-5-14(6-4-13)7-9-16-11-15(19)12-18-10-2-8-17-18/h2,8,10,13-16,19H,3-7,9,11-12H2,1H3. The van der Waals surface area contributed by atoms with E-state index in [1.807, 2.05) is 12.3 Å². The van der Waals surface area contributed by atoms with Crippen LogP contribution in [-0.2, 0) is 6.54 Å². The first-order valence-electron chi connectivity index (χ1n) is 7.60. The molecule has 1 atom stereocenters. The molecule has 4 nitrogen and oxygen atoms in total. The molecule has 0 radical (unpaired) electrons. The van der Waals surface area contributed by atoms with Crippen molar-refractivity contribution in [2.75, 3.05) is 13.1 Å². The van der Waals surface area contributed by atoms with E-state index in [4.69, 9.17) is 0 Å². The van der Waals surface area contributed by atoms with Crippen LogP contribution in [0.3, 0.4) is 0 Å². The van der Waals surface area contributed by atoms with Crippen molar-refractivity contribution in [3.63, 3.8) is 0 Å². The fraction of sp³-hybridized carbons (Fsp3) is 0.800. The van der Waals surface area contributed by atoms with Crippen LogP contribution in [0.1, 0.15) is 39.0 Å². The van der Waals surface area contributed by atoms with E-state index in [0.717, 1.165) is 18.4 Å². The largest absolute Gasteiger partial charge is 0.390 e. The molecule has 0 aromatic carbocycles. The lowest BCUT2D eigenvalue weighted by Crippen LogP contribution is -2.32. The minimum atomic E-state index is -0.355. The molecule has 1 fully saturated rings. The summed E-state index contributed by atoms with van der Waals surface area (Å²) in [5.74, 6) is 1.83. The summed E-state index contributed by atoms with van der Waals surface area (Å²) in [4.78, 5) is 0. The lowest BCUT2D eigenvalue weighted by molar-refractivity contribution is 0.145. The highest BCUT2D eigenvalue weighted by Gasteiger charge is 2.17. The second kappa shape index (κ2) is 7.65. The number of aliphatic hydroxyl groups is 1. The number of nitrogens with zero attached hydrogens (tertiary/aromatic N) is 2. The van der Waals surface area contributed by atoms with Crippen molar-refractivity contribution in [3.05, 3.63) is 18.5 Å². The molecule has 1 aromatic rings. The summed E-state index contributed by atoms with van der Waals surface area (Å²) in [5, 5.41) is 17.3. The van der Waals surface area contributed by atoms with Gasteiger partial charge in [-0.05, 0) is 30.9 Å². The third-order valence-corrected chi connectivity index (χ3v) is 4.20. The first-order chi connectivity index (χ1) is 9.24. The zero-order valence-corrected chi connectivity index (χ0v) is 12.0. The number of nitrogens with one attached hydrogen (secondary N) is 1. The van der Waals surface area contributed by atoms with E-state index in [9.17, 15) is 5.11 Å². The summed E-state index contributed by atoms with van der Waals surface area (Å²) in [6.07, 6.45) is 10.1. The summed E-state index contributed by atoms with van der Waals surface area (Å²) in [5.41, 5.74) is 0. The van der Waals surface area contributed by atoms with Crippen LogP contribution in [0.15, 0.2) is 18.5 Å². The Labute approximate surface area is 116 Å². The SMILES string of the molecule is CC1CCC(CCNCC(O)Cn2cccn2)CC1. The van der Waals surface area contributed by atoms with Gasteiger partial charge in [0, 0.05) is 18.9 Å². The molecule has 1 aliphatic carbocycles.